The summed E-state index contributed by atoms with van der Waals surface area (Å²) in [7, 11) is 3.32. The van der Waals surface area contributed by atoms with E-state index in [2.05, 4.69) is 17.1 Å². The van der Waals surface area contributed by atoms with E-state index in [1.165, 1.54) is 0 Å². The maximum atomic E-state index is 16.0. The Morgan fingerprint density at radius 1 is 1.07 bits per heavy atom. The number of hydrogen-bond donors (Lipinski definition) is 0. The van der Waals surface area contributed by atoms with Crippen molar-refractivity contribution in [2.75, 3.05) is 40.6 Å². The number of nitrogens with zero attached hydrogens (tertiary/aromatic N) is 2. The zero-order chi connectivity index (χ0) is 32.1. The normalized spacial score (nSPS) is 17.7. The van der Waals surface area contributed by atoms with Crippen molar-refractivity contribution in [1.82, 2.24) is 9.80 Å². The highest BCUT2D eigenvalue weighted by molar-refractivity contribution is 5.67. The minimum Gasteiger partial charge on any atom is -0.493 e. The second-order valence-corrected chi connectivity index (χ2v) is 12.5. The molecule has 0 aliphatic carbocycles. The molecule has 8 nitrogen and oxygen atoms in total. The smallest absolute Gasteiger partial charge is 0.410 e. The molecule has 2 heterocycles. The molecule has 2 aliphatic heterocycles. The monoisotopic (exact) mass is 618 g/mol. The predicted octanol–water partition coefficient (Wildman–Crippen LogP) is 7.65. The molecule has 0 saturated heterocycles. The highest BCUT2D eigenvalue weighted by atomic mass is 19.1. The molecule has 5 rings (SSSR count). The Bertz CT molecular complexity index is 1520. The van der Waals surface area contributed by atoms with E-state index in [-0.39, 0.29) is 25.5 Å². The molecule has 2 aliphatic rings. The van der Waals surface area contributed by atoms with Gasteiger partial charge in [-0.15, -0.1) is 0 Å². The first kappa shape index (κ1) is 32.2. The van der Waals surface area contributed by atoms with E-state index in [0.29, 0.717) is 48.9 Å². The molecule has 3 aromatic rings. The number of fused-ring (bicyclic) bond motifs is 2. The van der Waals surface area contributed by atoms with Crippen LogP contribution in [0.5, 0.6) is 23.0 Å². The molecule has 0 fully saturated rings. The average molecular weight is 619 g/mol. The number of hydrogen-bond acceptors (Lipinski definition) is 7. The van der Waals surface area contributed by atoms with E-state index >= 15 is 4.39 Å². The molecule has 2 atom stereocenters. The summed E-state index contributed by atoms with van der Waals surface area (Å²) < 4.78 is 44.5. The van der Waals surface area contributed by atoms with Crippen molar-refractivity contribution in [1.29, 1.82) is 0 Å². The van der Waals surface area contributed by atoms with E-state index in [0.717, 1.165) is 28.0 Å². The molecule has 2 unspecified atom stereocenters. The number of aryl methyl sites for hydroxylation is 1. The molecule has 0 radical (unpaired) electrons. The fourth-order valence-electron chi connectivity index (χ4n) is 5.57. The molecule has 0 bridgehead atoms. The largest absolute Gasteiger partial charge is 0.493 e. The van der Waals surface area contributed by atoms with Crippen LogP contribution in [0.1, 0.15) is 67.2 Å². The number of rotatable bonds is 10. The van der Waals surface area contributed by atoms with Gasteiger partial charge < -0.3 is 28.6 Å². The zero-order valence-corrected chi connectivity index (χ0v) is 27.0. The Labute approximate surface area is 265 Å². The van der Waals surface area contributed by atoms with Gasteiger partial charge >= 0.3 is 6.09 Å². The van der Waals surface area contributed by atoms with Gasteiger partial charge in [0.1, 0.15) is 18.4 Å². The van der Waals surface area contributed by atoms with Crippen LogP contribution in [0, 0.1) is 6.92 Å². The first-order valence-corrected chi connectivity index (χ1v) is 15.3. The van der Waals surface area contributed by atoms with Crippen LogP contribution in [0.4, 0.5) is 9.18 Å². The summed E-state index contributed by atoms with van der Waals surface area (Å²) in [6.07, 6.45) is 3.18. The third-order valence-corrected chi connectivity index (χ3v) is 7.91. The van der Waals surface area contributed by atoms with E-state index in [1.54, 1.807) is 25.1 Å². The Kier molecular flexibility index (Phi) is 9.87. The van der Waals surface area contributed by atoms with Gasteiger partial charge in [0.05, 0.1) is 13.2 Å². The fourth-order valence-corrected chi connectivity index (χ4v) is 5.57. The molecule has 9 heteroatoms. The summed E-state index contributed by atoms with van der Waals surface area (Å²) >= 11 is 0. The molecule has 1 amide bonds. The fraction of sp³-hybridized carbons (Fsp3) is 0.417. The maximum Gasteiger partial charge on any atom is 0.410 e. The van der Waals surface area contributed by atoms with Crippen molar-refractivity contribution >= 4 is 12.2 Å². The first-order chi connectivity index (χ1) is 21.5. The van der Waals surface area contributed by atoms with Gasteiger partial charge in [0.2, 0.25) is 6.79 Å². The van der Waals surface area contributed by atoms with Crippen LogP contribution in [-0.2, 0) is 11.3 Å². The third kappa shape index (κ3) is 7.89. The molecule has 0 saturated carbocycles. The lowest BCUT2D eigenvalue weighted by molar-refractivity contribution is 0.0288. The van der Waals surface area contributed by atoms with E-state index < -0.39 is 11.8 Å². The Hall–Kier alpha value is -4.24. The standard InChI is InChI=1S/C36H43FN2O6/c1-24-17-32-33(44-23-43-32)18-26(24)13-14-30-28-20-31(41-6)34(42-22-25-11-8-7-9-12-25)19-27(28)29(37)21-39(30)16-10-15-38(5)35(40)45-36(2,3)4/h7-9,11-14,17-20,29-30H,10,15-16,21-23H2,1-6H3/b14-13+. The third-order valence-electron chi connectivity index (χ3n) is 7.91. The van der Waals surface area contributed by atoms with Gasteiger partial charge in [0, 0.05) is 26.7 Å². The summed E-state index contributed by atoms with van der Waals surface area (Å²) in [6.45, 7) is 9.34. The van der Waals surface area contributed by atoms with Crippen LogP contribution in [-0.4, -0.2) is 62.1 Å². The van der Waals surface area contributed by atoms with Crippen LogP contribution in [0.2, 0.25) is 0 Å². The Balaban J connectivity index is 1.42. The van der Waals surface area contributed by atoms with Crippen molar-refractivity contribution in [2.24, 2.45) is 0 Å². The molecule has 240 valence electrons. The highest BCUT2D eigenvalue weighted by Crippen LogP contribution is 2.44. The quantitative estimate of drug-likeness (QED) is 0.231. The lowest BCUT2D eigenvalue weighted by Gasteiger charge is -2.38. The molecule has 0 spiro atoms. The molecule has 45 heavy (non-hydrogen) atoms. The van der Waals surface area contributed by atoms with Crippen LogP contribution in [0.3, 0.4) is 0 Å². The average Bonchev–Trinajstić information content (AvgIpc) is 3.46. The highest BCUT2D eigenvalue weighted by Gasteiger charge is 2.34. The number of methoxy groups -OCH3 is 1. The Morgan fingerprint density at radius 3 is 2.49 bits per heavy atom. The van der Waals surface area contributed by atoms with Gasteiger partial charge in [0.15, 0.2) is 23.0 Å². The van der Waals surface area contributed by atoms with Crippen molar-refractivity contribution in [2.45, 2.75) is 58.5 Å². The number of benzene rings is 3. The zero-order valence-electron chi connectivity index (χ0n) is 27.0. The van der Waals surface area contributed by atoms with Gasteiger partial charge in [0.25, 0.3) is 0 Å². The maximum absolute atomic E-state index is 16.0. The lowest BCUT2D eigenvalue weighted by Crippen LogP contribution is -2.39. The van der Waals surface area contributed by atoms with E-state index in [1.807, 2.05) is 76.2 Å². The summed E-state index contributed by atoms with van der Waals surface area (Å²) in [5.41, 5.74) is 3.86. The van der Waals surface area contributed by atoms with Gasteiger partial charge in [-0.25, -0.2) is 9.18 Å². The van der Waals surface area contributed by atoms with E-state index in [4.69, 9.17) is 23.7 Å². The Morgan fingerprint density at radius 2 is 1.78 bits per heavy atom. The summed E-state index contributed by atoms with van der Waals surface area (Å²) in [4.78, 5) is 16.2. The number of carbonyl (C=O) groups is 1. The number of carbonyl (C=O) groups excluding carboxylic acids is 1. The van der Waals surface area contributed by atoms with Gasteiger partial charge in [-0.2, -0.15) is 0 Å². The molecule has 0 aromatic heterocycles. The number of halogens is 1. The lowest BCUT2D eigenvalue weighted by atomic mass is 9.89. The molecular weight excluding hydrogens is 575 g/mol. The SMILES string of the molecule is COc1cc2c(cc1OCc1ccccc1)C(F)CN(CCCN(C)C(=O)OC(C)(C)C)C2/C=C/c1cc2c(cc1C)OCO2. The summed E-state index contributed by atoms with van der Waals surface area (Å²) in [6, 6.07) is 17.2. The van der Waals surface area contributed by atoms with Gasteiger partial charge in [-0.1, -0.05) is 42.5 Å². The number of alkyl halides is 1. The predicted molar refractivity (Wildman–Crippen MR) is 172 cm³/mol. The van der Waals surface area contributed by atoms with Crippen molar-refractivity contribution in [3.05, 3.63) is 88.5 Å². The van der Waals surface area contributed by atoms with Crippen molar-refractivity contribution < 1.29 is 32.9 Å². The topological polar surface area (TPSA) is 69.7 Å². The summed E-state index contributed by atoms with van der Waals surface area (Å²) in [5, 5.41) is 0. The van der Waals surface area contributed by atoms with Gasteiger partial charge in [-0.3, -0.25) is 4.90 Å². The molecule has 3 aromatic carbocycles. The number of amides is 1. The second kappa shape index (κ2) is 13.8. The molecule has 0 N–H and O–H groups in total. The number of ether oxygens (including phenoxy) is 5. The van der Waals surface area contributed by atoms with E-state index in [9.17, 15) is 4.79 Å². The van der Waals surface area contributed by atoms with Crippen LogP contribution < -0.4 is 18.9 Å². The minimum absolute atomic E-state index is 0.197. The summed E-state index contributed by atoms with van der Waals surface area (Å²) in [5.74, 6) is 2.49. The molecular formula is C36H43FN2O6. The van der Waals surface area contributed by atoms with Crippen molar-refractivity contribution in [3.8, 4) is 23.0 Å². The van der Waals surface area contributed by atoms with Crippen LogP contribution in [0.25, 0.3) is 6.08 Å². The van der Waals surface area contributed by atoms with Crippen LogP contribution >= 0.6 is 0 Å². The van der Waals surface area contributed by atoms with Crippen LogP contribution in [0.15, 0.2) is 60.7 Å². The second-order valence-electron chi connectivity index (χ2n) is 12.5. The first-order valence-electron chi connectivity index (χ1n) is 15.3. The minimum atomic E-state index is -1.23. The van der Waals surface area contributed by atoms with Gasteiger partial charge in [-0.05, 0) is 86.2 Å². The van der Waals surface area contributed by atoms with Crippen molar-refractivity contribution in [3.63, 3.8) is 0 Å².